The van der Waals surface area contributed by atoms with Gasteiger partial charge in [-0.15, -0.1) is 0 Å². The van der Waals surface area contributed by atoms with Crippen LogP contribution in [0, 0.1) is 5.92 Å². The lowest BCUT2D eigenvalue weighted by Gasteiger charge is -2.22. The van der Waals surface area contributed by atoms with Gasteiger partial charge in [0.1, 0.15) is 5.75 Å². The molecule has 0 bridgehead atoms. The number of rotatable bonds is 3. The lowest BCUT2D eigenvalue weighted by molar-refractivity contribution is -0.120. The number of nitrogens with one attached hydrogen (secondary N) is 2. The number of halogens is 1. The number of carbonyl (C=O) groups is 1. The lowest BCUT2D eigenvalue weighted by Crippen LogP contribution is -2.37. The van der Waals surface area contributed by atoms with Crippen molar-refractivity contribution in [1.29, 1.82) is 0 Å². The minimum Gasteiger partial charge on any atom is -0.495 e. The Labute approximate surface area is 115 Å². The molecule has 5 heteroatoms. The number of benzene rings is 1. The molecule has 1 aromatic rings. The van der Waals surface area contributed by atoms with Gasteiger partial charge in [0.25, 0.3) is 0 Å². The SMILES string of the molecule is COc1cc(NC(=O)[C@@H]2CCCNC2)ccc1Br. The number of methoxy groups -OCH3 is 1. The predicted octanol–water partition coefficient (Wildman–Crippen LogP) is 2.40. The summed E-state index contributed by atoms with van der Waals surface area (Å²) in [5.74, 6) is 0.856. The van der Waals surface area contributed by atoms with Crippen LogP contribution < -0.4 is 15.4 Å². The summed E-state index contributed by atoms with van der Waals surface area (Å²) in [5.41, 5.74) is 0.769. The Hall–Kier alpha value is -1.07. The van der Waals surface area contributed by atoms with Gasteiger partial charge in [-0.1, -0.05) is 0 Å². The second kappa shape index (κ2) is 6.20. The summed E-state index contributed by atoms with van der Waals surface area (Å²) in [4.78, 5) is 12.0. The standard InChI is InChI=1S/C13H17BrN2O2/c1-18-12-7-10(4-5-11(12)14)16-13(17)9-3-2-6-15-8-9/h4-5,7,9,15H,2-3,6,8H2,1H3,(H,16,17)/t9-/m1/s1. The number of anilines is 1. The summed E-state index contributed by atoms with van der Waals surface area (Å²) >= 11 is 3.39. The van der Waals surface area contributed by atoms with Gasteiger partial charge in [-0.05, 0) is 47.4 Å². The van der Waals surface area contributed by atoms with Crippen LogP contribution >= 0.6 is 15.9 Å². The highest BCUT2D eigenvalue weighted by Gasteiger charge is 2.20. The molecule has 18 heavy (non-hydrogen) atoms. The Morgan fingerprint density at radius 2 is 2.39 bits per heavy atom. The van der Waals surface area contributed by atoms with E-state index in [4.69, 9.17) is 4.74 Å². The maximum absolute atomic E-state index is 12.0. The molecule has 0 unspecified atom stereocenters. The molecule has 1 aromatic carbocycles. The van der Waals surface area contributed by atoms with E-state index in [9.17, 15) is 4.79 Å². The molecule has 4 nitrogen and oxygen atoms in total. The summed E-state index contributed by atoms with van der Waals surface area (Å²) in [5, 5.41) is 6.17. The number of hydrogen-bond donors (Lipinski definition) is 2. The van der Waals surface area contributed by atoms with Gasteiger partial charge in [-0.3, -0.25) is 4.79 Å². The van der Waals surface area contributed by atoms with Crippen LogP contribution in [-0.4, -0.2) is 26.1 Å². The molecule has 1 aliphatic rings. The third-order valence-corrected chi connectivity index (χ3v) is 3.74. The highest BCUT2D eigenvalue weighted by molar-refractivity contribution is 9.10. The van der Waals surface area contributed by atoms with Crippen molar-refractivity contribution < 1.29 is 9.53 Å². The molecule has 0 aliphatic carbocycles. The van der Waals surface area contributed by atoms with E-state index in [1.807, 2.05) is 18.2 Å². The molecule has 1 aliphatic heterocycles. The maximum atomic E-state index is 12.0. The number of hydrogen-bond acceptors (Lipinski definition) is 3. The van der Waals surface area contributed by atoms with E-state index in [0.29, 0.717) is 0 Å². The number of piperidine rings is 1. The van der Waals surface area contributed by atoms with E-state index in [1.54, 1.807) is 7.11 Å². The molecule has 0 saturated carbocycles. The van der Waals surface area contributed by atoms with Crippen LogP contribution in [0.1, 0.15) is 12.8 Å². The number of ether oxygens (including phenoxy) is 1. The maximum Gasteiger partial charge on any atom is 0.228 e. The minimum atomic E-state index is 0.0633. The fourth-order valence-corrected chi connectivity index (χ4v) is 2.47. The van der Waals surface area contributed by atoms with E-state index in [0.717, 1.165) is 41.8 Å². The van der Waals surface area contributed by atoms with Crippen molar-refractivity contribution in [1.82, 2.24) is 5.32 Å². The van der Waals surface area contributed by atoms with E-state index < -0.39 is 0 Å². The molecule has 2 rings (SSSR count). The molecule has 1 fully saturated rings. The predicted molar refractivity (Wildman–Crippen MR) is 74.9 cm³/mol. The highest BCUT2D eigenvalue weighted by Crippen LogP contribution is 2.28. The van der Waals surface area contributed by atoms with Crippen molar-refractivity contribution >= 4 is 27.5 Å². The Balaban J connectivity index is 2.02. The van der Waals surface area contributed by atoms with Crippen molar-refractivity contribution in [3.05, 3.63) is 22.7 Å². The van der Waals surface area contributed by atoms with Gasteiger partial charge >= 0.3 is 0 Å². The largest absolute Gasteiger partial charge is 0.495 e. The molecule has 0 radical (unpaired) electrons. The molecular weight excluding hydrogens is 296 g/mol. The Bertz CT molecular complexity index is 431. The fraction of sp³-hybridized carbons (Fsp3) is 0.462. The van der Waals surface area contributed by atoms with Crippen molar-refractivity contribution in [2.24, 2.45) is 5.92 Å². The highest BCUT2D eigenvalue weighted by atomic mass is 79.9. The van der Waals surface area contributed by atoms with Gasteiger partial charge in [0.05, 0.1) is 17.5 Å². The zero-order valence-electron chi connectivity index (χ0n) is 10.3. The monoisotopic (exact) mass is 312 g/mol. The van der Waals surface area contributed by atoms with Gasteiger partial charge < -0.3 is 15.4 Å². The third kappa shape index (κ3) is 3.23. The van der Waals surface area contributed by atoms with Crippen LogP contribution in [0.2, 0.25) is 0 Å². The molecular formula is C13H17BrN2O2. The molecule has 98 valence electrons. The molecule has 0 spiro atoms. The van der Waals surface area contributed by atoms with Crippen LogP contribution in [0.3, 0.4) is 0 Å². The Morgan fingerprint density at radius 3 is 3.06 bits per heavy atom. The molecule has 2 N–H and O–H groups in total. The number of carbonyl (C=O) groups excluding carboxylic acids is 1. The second-order valence-electron chi connectivity index (χ2n) is 4.38. The van der Waals surface area contributed by atoms with Crippen molar-refractivity contribution in [2.45, 2.75) is 12.8 Å². The first kappa shape index (κ1) is 13.4. The van der Waals surface area contributed by atoms with Crippen LogP contribution in [-0.2, 0) is 4.79 Å². The second-order valence-corrected chi connectivity index (χ2v) is 5.24. The van der Waals surface area contributed by atoms with Crippen molar-refractivity contribution in [2.75, 3.05) is 25.5 Å². The normalized spacial score (nSPS) is 19.3. The topological polar surface area (TPSA) is 50.4 Å². The van der Waals surface area contributed by atoms with E-state index in [-0.39, 0.29) is 11.8 Å². The fourth-order valence-electron chi connectivity index (χ4n) is 2.06. The van der Waals surface area contributed by atoms with Crippen LogP contribution in [0.4, 0.5) is 5.69 Å². The summed E-state index contributed by atoms with van der Waals surface area (Å²) in [6.45, 7) is 1.77. The molecule has 1 heterocycles. The molecule has 1 atom stereocenters. The van der Waals surface area contributed by atoms with Gasteiger partial charge in [0.15, 0.2) is 0 Å². The summed E-state index contributed by atoms with van der Waals surface area (Å²) < 4.78 is 6.08. The Morgan fingerprint density at radius 1 is 1.56 bits per heavy atom. The van der Waals surface area contributed by atoms with E-state index >= 15 is 0 Å². The first-order chi connectivity index (χ1) is 8.70. The van der Waals surface area contributed by atoms with E-state index in [1.165, 1.54) is 0 Å². The van der Waals surface area contributed by atoms with Gasteiger partial charge in [0, 0.05) is 18.3 Å². The number of amides is 1. The quantitative estimate of drug-likeness (QED) is 0.901. The van der Waals surface area contributed by atoms with Crippen molar-refractivity contribution in [3.63, 3.8) is 0 Å². The Kier molecular flexibility index (Phi) is 4.60. The molecule has 1 amide bonds. The zero-order valence-corrected chi connectivity index (χ0v) is 11.9. The van der Waals surface area contributed by atoms with Gasteiger partial charge in [0.2, 0.25) is 5.91 Å². The molecule has 0 aromatic heterocycles. The average Bonchev–Trinajstić information content (AvgIpc) is 2.42. The molecule has 1 saturated heterocycles. The minimum absolute atomic E-state index is 0.0633. The summed E-state index contributed by atoms with van der Waals surface area (Å²) in [6.07, 6.45) is 2.01. The summed E-state index contributed by atoms with van der Waals surface area (Å²) in [6, 6.07) is 5.55. The first-order valence-corrected chi connectivity index (χ1v) is 6.85. The smallest absolute Gasteiger partial charge is 0.228 e. The van der Waals surface area contributed by atoms with Crippen molar-refractivity contribution in [3.8, 4) is 5.75 Å². The summed E-state index contributed by atoms with van der Waals surface area (Å²) in [7, 11) is 1.61. The van der Waals surface area contributed by atoms with Crippen LogP contribution in [0.5, 0.6) is 5.75 Å². The average molecular weight is 313 g/mol. The van der Waals surface area contributed by atoms with Gasteiger partial charge in [-0.25, -0.2) is 0 Å². The third-order valence-electron chi connectivity index (χ3n) is 3.09. The van der Waals surface area contributed by atoms with Crippen LogP contribution in [0.25, 0.3) is 0 Å². The first-order valence-electron chi connectivity index (χ1n) is 6.06. The lowest BCUT2D eigenvalue weighted by atomic mass is 9.99. The zero-order chi connectivity index (χ0) is 13.0. The van der Waals surface area contributed by atoms with E-state index in [2.05, 4.69) is 26.6 Å². The van der Waals surface area contributed by atoms with Crippen LogP contribution in [0.15, 0.2) is 22.7 Å². The van der Waals surface area contributed by atoms with Gasteiger partial charge in [-0.2, -0.15) is 0 Å².